The van der Waals surface area contributed by atoms with Crippen molar-refractivity contribution in [1.82, 2.24) is 15.5 Å². The largest absolute Gasteiger partial charge is 0.358 e. The highest BCUT2D eigenvalue weighted by molar-refractivity contribution is 8.03. The Bertz CT molecular complexity index is 611. The number of nitrogens with one attached hydrogen (secondary N) is 1. The van der Waals surface area contributed by atoms with Gasteiger partial charge in [-0.15, -0.1) is 10.2 Å². The van der Waals surface area contributed by atoms with Gasteiger partial charge < -0.3 is 5.32 Å². The van der Waals surface area contributed by atoms with Crippen molar-refractivity contribution in [2.75, 3.05) is 12.8 Å². The van der Waals surface area contributed by atoms with Crippen LogP contribution in [0.1, 0.15) is 30.9 Å². The Morgan fingerprint density at radius 1 is 1.18 bits per heavy atom. The number of amides is 1. The van der Waals surface area contributed by atoms with E-state index in [9.17, 15) is 4.79 Å². The molecule has 118 valence electrons. The molecule has 4 nitrogen and oxygen atoms in total. The standard InChI is InChI=1S/C15H19N3OS3/c1-10(2)12-6-4-11(5-7-12)8-20-14-17-18-15(22-14)21-9-13(19)16-3/h4-7,10H,8-9H2,1-3H3,(H,16,19). The van der Waals surface area contributed by atoms with E-state index in [4.69, 9.17) is 0 Å². The Morgan fingerprint density at radius 3 is 2.41 bits per heavy atom. The first-order chi connectivity index (χ1) is 10.6. The molecule has 0 fully saturated rings. The molecule has 7 heteroatoms. The average Bonchev–Trinajstić information content (AvgIpc) is 2.99. The van der Waals surface area contributed by atoms with Crippen molar-refractivity contribution < 1.29 is 4.79 Å². The highest BCUT2D eigenvalue weighted by Crippen LogP contribution is 2.30. The Kier molecular flexibility index (Phi) is 6.72. The predicted molar refractivity (Wildman–Crippen MR) is 94.8 cm³/mol. The fourth-order valence-corrected chi connectivity index (χ4v) is 4.51. The summed E-state index contributed by atoms with van der Waals surface area (Å²) in [7, 11) is 1.63. The molecule has 0 bridgehead atoms. The number of hydrogen-bond acceptors (Lipinski definition) is 6. The van der Waals surface area contributed by atoms with Crippen LogP contribution in [-0.4, -0.2) is 28.9 Å². The van der Waals surface area contributed by atoms with E-state index in [2.05, 4.69) is 53.6 Å². The number of aromatic nitrogens is 2. The third kappa shape index (κ3) is 5.30. The van der Waals surface area contributed by atoms with Gasteiger partial charge in [-0.2, -0.15) is 0 Å². The van der Waals surface area contributed by atoms with Crippen molar-refractivity contribution in [1.29, 1.82) is 0 Å². The zero-order valence-corrected chi connectivity index (χ0v) is 15.3. The second-order valence-corrected chi connectivity index (χ2v) is 8.40. The van der Waals surface area contributed by atoms with Gasteiger partial charge in [0.05, 0.1) is 5.75 Å². The van der Waals surface area contributed by atoms with Gasteiger partial charge in [-0.05, 0) is 17.0 Å². The lowest BCUT2D eigenvalue weighted by Gasteiger charge is -2.05. The van der Waals surface area contributed by atoms with Gasteiger partial charge >= 0.3 is 0 Å². The summed E-state index contributed by atoms with van der Waals surface area (Å²) >= 11 is 4.64. The number of carbonyl (C=O) groups excluding carboxylic acids is 1. The van der Waals surface area contributed by atoms with Gasteiger partial charge in [0.1, 0.15) is 0 Å². The van der Waals surface area contributed by atoms with Crippen LogP contribution in [0.4, 0.5) is 0 Å². The van der Waals surface area contributed by atoms with Crippen molar-refractivity contribution in [3.63, 3.8) is 0 Å². The lowest BCUT2D eigenvalue weighted by Crippen LogP contribution is -2.19. The Hall–Kier alpha value is -1.05. The molecule has 1 aromatic carbocycles. The maximum atomic E-state index is 11.2. The third-order valence-corrected chi connectivity index (χ3v) is 6.26. The van der Waals surface area contributed by atoms with Crippen LogP contribution in [0.15, 0.2) is 32.9 Å². The molecular formula is C15H19N3OS3. The molecular weight excluding hydrogens is 334 g/mol. The lowest BCUT2D eigenvalue weighted by atomic mass is 10.0. The number of benzene rings is 1. The fourth-order valence-electron chi connectivity index (χ4n) is 1.66. The summed E-state index contributed by atoms with van der Waals surface area (Å²) in [6.45, 7) is 4.39. The minimum atomic E-state index is -0.000328. The monoisotopic (exact) mass is 353 g/mol. The summed E-state index contributed by atoms with van der Waals surface area (Å²) in [5.41, 5.74) is 2.64. The summed E-state index contributed by atoms with van der Waals surface area (Å²) in [6, 6.07) is 8.71. The van der Waals surface area contributed by atoms with Crippen molar-refractivity contribution in [2.24, 2.45) is 0 Å². The molecule has 0 aliphatic carbocycles. The van der Waals surface area contributed by atoms with Gasteiger partial charge in [0.25, 0.3) is 0 Å². The maximum absolute atomic E-state index is 11.2. The first-order valence-electron chi connectivity index (χ1n) is 6.97. The molecule has 0 saturated carbocycles. The number of rotatable bonds is 7. The van der Waals surface area contributed by atoms with E-state index in [0.29, 0.717) is 11.7 Å². The minimum Gasteiger partial charge on any atom is -0.358 e. The van der Waals surface area contributed by atoms with Gasteiger partial charge in [-0.3, -0.25) is 4.79 Å². The zero-order valence-electron chi connectivity index (χ0n) is 12.8. The molecule has 1 aromatic heterocycles. The maximum Gasteiger partial charge on any atom is 0.230 e. The molecule has 1 heterocycles. The highest BCUT2D eigenvalue weighted by atomic mass is 32.2. The van der Waals surface area contributed by atoms with Crippen LogP contribution in [0.25, 0.3) is 0 Å². The molecule has 2 rings (SSSR count). The van der Waals surface area contributed by atoms with E-state index in [-0.39, 0.29) is 5.91 Å². The summed E-state index contributed by atoms with van der Waals surface area (Å²) in [5, 5.41) is 10.9. The molecule has 0 aliphatic rings. The van der Waals surface area contributed by atoms with E-state index >= 15 is 0 Å². The summed E-state index contributed by atoms with van der Waals surface area (Å²) in [4.78, 5) is 11.2. The predicted octanol–water partition coefficient (Wildman–Crippen LogP) is 3.79. The van der Waals surface area contributed by atoms with Gasteiger partial charge in [0.15, 0.2) is 8.68 Å². The first kappa shape index (κ1) is 17.3. The number of carbonyl (C=O) groups is 1. The van der Waals surface area contributed by atoms with E-state index in [1.165, 1.54) is 34.2 Å². The molecule has 22 heavy (non-hydrogen) atoms. The van der Waals surface area contributed by atoms with Crippen LogP contribution in [0, 0.1) is 0 Å². The van der Waals surface area contributed by atoms with Crippen LogP contribution in [0.2, 0.25) is 0 Å². The van der Waals surface area contributed by atoms with Crippen molar-refractivity contribution in [2.45, 2.75) is 34.2 Å². The van der Waals surface area contributed by atoms with E-state index < -0.39 is 0 Å². The van der Waals surface area contributed by atoms with E-state index in [1.54, 1.807) is 18.8 Å². The molecule has 0 spiro atoms. The number of thioether (sulfide) groups is 2. The molecule has 0 saturated heterocycles. The molecule has 2 aromatic rings. The number of nitrogens with zero attached hydrogens (tertiary/aromatic N) is 2. The minimum absolute atomic E-state index is 0.000328. The van der Waals surface area contributed by atoms with Crippen LogP contribution in [0.5, 0.6) is 0 Å². The molecule has 0 atom stereocenters. The van der Waals surface area contributed by atoms with Gasteiger partial charge in [-0.25, -0.2) is 0 Å². The first-order valence-corrected chi connectivity index (χ1v) is 9.75. The second kappa shape index (κ2) is 8.55. The fraction of sp³-hybridized carbons (Fsp3) is 0.400. The zero-order chi connectivity index (χ0) is 15.9. The topological polar surface area (TPSA) is 54.9 Å². The van der Waals surface area contributed by atoms with E-state index in [1.807, 2.05) is 0 Å². The lowest BCUT2D eigenvalue weighted by molar-refractivity contribution is -0.118. The quantitative estimate of drug-likeness (QED) is 0.768. The summed E-state index contributed by atoms with van der Waals surface area (Å²) in [5.74, 6) is 1.82. The second-order valence-electron chi connectivity index (χ2n) is 4.98. The van der Waals surface area contributed by atoms with Crippen LogP contribution in [-0.2, 0) is 10.5 Å². The van der Waals surface area contributed by atoms with Gasteiger partial charge in [0.2, 0.25) is 5.91 Å². The molecule has 1 amide bonds. The highest BCUT2D eigenvalue weighted by Gasteiger charge is 2.08. The third-order valence-electron chi connectivity index (χ3n) is 3.00. The van der Waals surface area contributed by atoms with Crippen molar-refractivity contribution >= 4 is 40.8 Å². The van der Waals surface area contributed by atoms with Crippen molar-refractivity contribution in [3.05, 3.63) is 35.4 Å². The van der Waals surface area contributed by atoms with Gasteiger partial charge in [-0.1, -0.05) is 73.0 Å². The van der Waals surface area contributed by atoms with Crippen LogP contribution < -0.4 is 5.32 Å². The van der Waals surface area contributed by atoms with Crippen LogP contribution >= 0.6 is 34.9 Å². The Morgan fingerprint density at radius 2 is 1.82 bits per heavy atom. The SMILES string of the molecule is CNC(=O)CSc1nnc(SCc2ccc(C(C)C)cc2)s1. The Labute approximate surface area is 143 Å². The van der Waals surface area contributed by atoms with E-state index in [0.717, 1.165) is 14.4 Å². The van der Waals surface area contributed by atoms with Crippen molar-refractivity contribution in [3.8, 4) is 0 Å². The Balaban J connectivity index is 1.84. The smallest absolute Gasteiger partial charge is 0.230 e. The molecule has 0 aliphatic heterocycles. The van der Waals surface area contributed by atoms with Crippen LogP contribution in [0.3, 0.4) is 0 Å². The van der Waals surface area contributed by atoms with Gasteiger partial charge in [0, 0.05) is 12.8 Å². The summed E-state index contributed by atoms with van der Waals surface area (Å²) < 4.78 is 1.77. The molecule has 0 unspecified atom stereocenters. The normalized spacial score (nSPS) is 10.9. The molecule has 0 radical (unpaired) electrons. The summed E-state index contributed by atoms with van der Waals surface area (Å²) in [6.07, 6.45) is 0. The molecule has 1 N–H and O–H groups in total. The average molecular weight is 354 g/mol. The number of hydrogen-bond donors (Lipinski definition) is 1.